The van der Waals surface area contributed by atoms with Crippen LogP contribution in [-0.4, -0.2) is 28.7 Å². The van der Waals surface area contributed by atoms with E-state index in [1.807, 2.05) is 50.2 Å². The second kappa shape index (κ2) is 8.64. The highest BCUT2D eigenvalue weighted by molar-refractivity contribution is 5.52. The molecule has 0 fully saturated rings. The number of anilines is 1. The second-order valence-electron chi connectivity index (χ2n) is 7.80. The first-order chi connectivity index (χ1) is 13.9. The van der Waals surface area contributed by atoms with Gasteiger partial charge in [-0.05, 0) is 44.0 Å². The lowest BCUT2D eigenvalue weighted by Crippen LogP contribution is -2.23. The van der Waals surface area contributed by atoms with Gasteiger partial charge in [0.15, 0.2) is 5.65 Å². The van der Waals surface area contributed by atoms with Crippen LogP contribution >= 0.6 is 0 Å². The molecular formula is C23H31N5O. The molecule has 6 heteroatoms. The Morgan fingerprint density at radius 1 is 1.24 bits per heavy atom. The summed E-state index contributed by atoms with van der Waals surface area (Å²) >= 11 is 0. The Morgan fingerprint density at radius 2 is 1.93 bits per heavy atom. The summed E-state index contributed by atoms with van der Waals surface area (Å²) in [7, 11) is 4.01. The van der Waals surface area contributed by atoms with Crippen LogP contribution in [0.15, 0.2) is 34.1 Å². The molecule has 0 aliphatic carbocycles. The van der Waals surface area contributed by atoms with Crippen LogP contribution in [-0.2, 0) is 0 Å². The van der Waals surface area contributed by atoms with E-state index in [0.29, 0.717) is 21.9 Å². The van der Waals surface area contributed by atoms with Gasteiger partial charge in [0.1, 0.15) is 5.36 Å². The first-order valence-electron chi connectivity index (χ1n) is 10.3. The predicted octanol–water partition coefficient (Wildman–Crippen LogP) is 3.44. The molecule has 0 saturated carbocycles. The smallest absolute Gasteiger partial charge is 0.275 e. The van der Waals surface area contributed by atoms with Gasteiger partial charge in [-0.3, -0.25) is 9.89 Å². The molecule has 0 aliphatic rings. The van der Waals surface area contributed by atoms with E-state index in [2.05, 4.69) is 25.5 Å². The maximum Gasteiger partial charge on any atom is 0.275 e. The molecule has 0 saturated heterocycles. The largest absolute Gasteiger partial charge is 0.378 e. The number of hydrogen-bond donors (Lipinski definition) is 1. The maximum absolute atomic E-state index is 13.0. The topological polar surface area (TPSA) is 65.8 Å². The van der Waals surface area contributed by atoms with Gasteiger partial charge in [0.25, 0.3) is 5.56 Å². The van der Waals surface area contributed by atoms with Gasteiger partial charge in [-0.2, -0.15) is 4.52 Å². The Kier molecular flexibility index (Phi) is 6.20. The van der Waals surface area contributed by atoms with E-state index in [4.69, 9.17) is 9.98 Å². The monoisotopic (exact) mass is 393 g/mol. The summed E-state index contributed by atoms with van der Waals surface area (Å²) in [4.78, 5) is 24.7. The Bertz CT molecular complexity index is 1160. The van der Waals surface area contributed by atoms with Gasteiger partial charge in [-0.1, -0.05) is 33.3 Å². The summed E-state index contributed by atoms with van der Waals surface area (Å²) in [5, 5.41) is 4.25. The van der Waals surface area contributed by atoms with E-state index in [0.717, 1.165) is 42.8 Å². The molecule has 1 N–H and O–H groups in total. The van der Waals surface area contributed by atoms with Crippen LogP contribution in [0.4, 0.5) is 11.4 Å². The number of rotatable bonds is 7. The quantitative estimate of drug-likeness (QED) is 0.669. The average molecular weight is 394 g/mol. The number of aromatic nitrogens is 3. The minimum atomic E-state index is -0.0748. The van der Waals surface area contributed by atoms with E-state index in [1.165, 1.54) is 4.52 Å². The van der Waals surface area contributed by atoms with E-state index >= 15 is 0 Å². The summed E-state index contributed by atoms with van der Waals surface area (Å²) in [6, 6.07) is 7.95. The van der Waals surface area contributed by atoms with Crippen LogP contribution in [0, 0.1) is 6.92 Å². The van der Waals surface area contributed by atoms with Crippen LogP contribution in [0.1, 0.15) is 56.7 Å². The zero-order chi connectivity index (χ0) is 21.1. The van der Waals surface area contributed by atoms with Crippen molar-refractivity contribution in [2.75, 3.05) is 19.0 Å². The lowest BCUT2D eigenvalue weighted by molar-refractivity contribution is 0.553. The third-order valence-electron chi connectivity index (χ3n) is 5.48. The van der Waals surface area contributed by atoms with Gasteiger partial charge in [-0.15, -0.1) is 0 Å². The number of fused-ring (bicyclic) bond motifs is 1. The fourth-order valence-corrected chi connectivity index (χ4v) is 3.66. The van der Waals surface area contributed by atoms with Crippen molar-refractivity contribution in [2.45, 2.75) is 52.4 Å². The number of hydrogen-bond acceptors (Lipinski definition) is 4. The van der Waals surface area contributed by atoms with Crippen molar-refractivity contribution in [1.29, 1.82) is 0 Å². The Hall–Kier alpha value is -2.89. The zero-order valence-corrected chi connectivity index (χ0v) is 18.1. The third kappa shape index (κ3) is 4.11. The van der Waals surface area contributed by atoms with Gasteiger partial charge in [-0.25, -0.2) is 9.98 Å². The molecule has 0 aliphatic heterocycles. The molecule has 2 aromatic heterocycles. The minimum Gasteiger partial charge on any atom is -0.378 e. The Balaban J connectivity index is 2.19. The first-order valence-corrected chi connectivity index (χ1v) is 10.3. The predicted molar refractivity (Wildman–Crippen MR) is 120 cm³/mol. The number of H-pyrrole nitrogens is 1. The van der Waals surface area contributed by atoms with Gasteiger partial charge in [0, 0.05) is 31.3 Å². The summed E-state index contributed by atoms with van der Waals surface area (Å²) in [5.41, 5.74) is 3.97. The number of unbranched alkanes of at least 4 members (excludes halogenated alkanes) is 1. The number of nitrogens with zero attached hydrogens (tertiary/aromatic N) is 4. The van der Waals surface area contributed by atoms with Crippen LogP contribution < -0.4 is 21.2 Å². The molecule has 0 radical (unpaired) electrons. The molecule has 0 bridgehead atoms. The number of nitrogens with one attached hydrogen (secondary N) is 1. The van der Waals surface area contributed by atoms with Crippen LogP contribution in [0.5, 0.6) is 0 Å². The summed E-state index contributed by atoms with van der Waals surface area (Å²) < 4.78 is 1.47. The number of aromatic amines is 1. The lowest BCUT2D eigenvalue weighted by Gasteiger charge is -2.16. The van der Waals surface area contributed by atoms with Crippen molar-refractivity contribution >= 4 is 23.6 Å². The molecule has 3 aromatic rings. The van der Waals surface area contributed by atoms with Crippen molar-refractivity contribution in [1.82, 2.24) is 14.6 Å². The van der Waals surface area contributed by atoms with E-state index < -0.39 is 0 Å². The third-order valence-corrected chi connectivity index (χ3v) is 5.48. The van der Waals surface area contributed by atoms with E-state index in [-0.39, 0.29) is 11.5 Å². The summed E-state index contributed by atoms with van der Waals surface area (Å²) in [5.74, 6) is 0.281. The summed E-state index contributed by atoms with van der Waals surface area (Å²) in [6.07, 6.45) is 4.26. The second-order valence-corrected chi connectivity index (χ2v) is 7.80. The van der Waals surface area contributed by atoms with Crippen molar-refractivity contribution in [3.8, 4) is 0 Å². The Morgan fingerprint density at radius 3 is 2.52 bits per heavy atom. The molecule has 29 heavy (non-hydrogen) atoms. The van der Waals surface area contributed by atoms with Crippen LogP contribution in [0.3, 0.4) is 0 Å². The molecule has 0 spiro atoms. The SMILES string of the molecule is C=c1[nH]n2c(=O)c(C)c(C(CC)CCCC)nc2c1=Nc1ccc(N(C)C)cc1. The van der Waals surface area contributed by atoms with Crippen molar-refractivity contribution < 1.29 is 0 Å². The highest BCUT2D eigenvalue weighted by Crippen LogP contribution is 2.25. The first kappa shape index (κ1) is 20.8. The molecule has 1 unspecified atom stereocenters. The fraction of sp³-hybridized carbons (Fsp3) is 0.435. The standard InChI is InChI=1S/C23H31N5O/c1-7-9-10-17(8-2)20-15(3)23(29)28-22(25-20)21(16(4)26-28)24-18-11-13-19(14-12-18)27(5)6/h11-14,17,26H,4,7-10H2,1-3,5-6H3. The molecule has 154 valence electrons. The van der Waals surface area contributed by atoms with E-state index in [9.17, 15) is 4.79 Å². The van der Waals surface area contributed by atoms with Gasteiger partial charge in [0.05, 0.1) is 16.7 Å². The lowest BCUT2D eigenvalue weighted by atomic mass is 9.93. The Labute approximate surface area is 171 Å². The van der Waals surface area contributed by atoms with Crippen molar-refractivity contribution in [3.05, 3.63) is 56.6 Å². The van der Waals surface area contributed by atoms with Crippen molar-refractivity contribution in [2.24, 2.45) is 4.99 Å². The fourth-order valence-electron chi connectivity index (χ4n) is 3.66. The van der Waals surface area contributed by atoms with Gasteiger partial charge < -0.3 is 4.90 Å². The maximum atomic E-state index is 13.0. The minimum absolute atomic E-state index is 0.0748. The molecule has 3 rings (SSSR count). The number of benzene rings is 1. The molecule has 2 heterocycles. The normalized spacial score (nSPS) is 13.2. The molecule has 1 aromatic carbocycles. The zero-order valence-electron chi connectivity index (χ0n) is 18.1. The molecule has 1 atom stereocenters. The van der Waals surface area contributed by atoms with Crippen LogP contribution in [0.25, 0.3) is 12.2 Å². The highest BCUT2D eigenvalue weighted by atomic mass is 16.1. The molecule has 0 amide bonds. The van der Waals surface area contributed by atoms with E-state index in [1.54, 1.807) is 0 Å². The summed E-state index contributed by atoms with van der Waals surface area (Å²) in [6.45, 7) is 10.3. The average Bonchev–Trinajstić information content (AvgIpc) is 3.02. The highest BCUT2D eigenvalue weighted by Gasteiger charge is 2.19. The van der Waals surface area contributed by atoms with Crippen molar-refractivity contribution in [3.63, 3.8) is 0 Å². The molecular weight excluding hydrogens is 362 g/mol. The van der Waals surface area contributed by atoms with Gasteiger partial charge >= 0.3 is 0 Å². The van der Waals surface area contributed by atoms with Gasteiger partial charge in [0.2, 0.25) is 0 Å². The molecule has 6 nitrogen and oxygen atoms in total. The van der Waals surface area contributed by atoms with Crippen LogP contribution in [0.2, 0.25) is 0 Å².